The van der Waals surface area contributed by atoms with E-state index in [-0.39, 0.29) is 23.4 Å². The maximum absolute atomic E-state index is 12.9. The molecule has 0 bridgehead atoms. The van der Waals surface area contributed by atoms with Crippen molar-refractivity contribution in [3.63, 3.8) is 0 Å². The van der Waals surface area contributed by atoms with Gasteiger partial charge in [0.05, 0.1) is 12.6 Å². The number of amides is 2. The van der Waals surface area contributed by atoms with Crippen molar-refractivity contribution >= 4 is 23.5 Å². The molecule has 0 aromatic heterocycles. The molecule has 0 aliphatic carbocycles. The third-order valence-corrected chi connectivity index (χ3v) is 5.81. The zero-order chi connectivity index (χ0) is 19.6. The minimum Gasteiger partial charge on any atom is -0.394 e. The smallest absolute Gasteiger partial charge is 0.322 e. The third kappa shape index (κ3) is 4.66. The summed E-state index contributed by atoms with van der Waals surface area (Å²) in [6, 6.07) is 13.7. The number of rotatable bonds is 3. The summed E-state index contributed by atoms with van der Waals surface area (Å²) in [6.07, 6.45) is 0.806. The van der Waals surface area contributed by atoms with Crippen molar-refractivity contribution in [1.82, 2.24) is 4.90 Å². The fraction of sp³-hybridized carbons (Fsp3) is 0.409. The topological polar surface area (TPSA) is 52.6 Å². The molecule has 144 valence electrons. The molecule has 2 amide bonds. The highest BCUT2D eigenvalue weighted by Gasteiger charge is 2.30. The number of fused-ring (bicyclic) bond motifs is 1. The van der Waals surface area contributed by atoms with E-state index in [4.69, 9.17) is 0 Å². The number of benzene rings is 2. The van der Waals surface area contributed by atoms with Gasteiger partial charge in [0.1, 0.15) is 0 Å². The highest BCUT2D eigenvalue weighted by atomic mass is 32.2. The Hall–Kier alpha value is -1.98. The van der Waals surface area contributed by atoms with Crippen LogP contribution in [0.15, 0.2) is 47.4 Å². The van der Waals surface area contributed by atoms with Crippen LogP contribution in [0.3, 0.4) is 0 Å². The Morgan fingerprint density at radius 2 is 2.00 bits per heavy atom. The molecule has 1 aliphatic heterocycles. The number of urea groups is 1. The number of carbonyl (C=O) groups excluding carboxylic acids is 1. The van der Waals surface area contributed by atoms with Gasteiger partial charge in [0, 0.05) is 21.9 Å². The summed E-state index contributed by atoms with van der Waals surface area (Å²) < 4.78 is 0.146. The lowest BCUT2D eigenvalue weighted by Gasteiger charge is -2.36. The molecule has 2 N–H and O–H groups in total. The summed E-state index contributed by atoms with van der Waals surface area (Å²) in [4.78, 5) is 15.8. The number of aryl methyl sites for hydroxylation is 1. The number of nitrogens with zero attached hydrogens (tertiary/aromatic N) is 1. The summed E-state index contributed by atoms with van der Waals surface area (Å²) >= 11 is 1.81. The molecule has 1 atom stereocenters. The van der Waals surface area contributed by atoms with E-state index >= 15 is 0 Å². The largest absolute Gasteiger partial charge is 0.394 e. The zero-order valence-electron chi connectivity index (χ0n) is 16.5. The number of anilines is 1. The van der Waals surface area contributed by atoms with E-state index in [1.165, 1.54) is 10.5 Å². The van der Waals surface area contributed by atoms with Gasteiger partial charge < -0.3 is 15.3 Å². The van der Waals surface area contributed by atoms with E-state index in [1.54, 1.807) is 4.90 Å². The van der Waals surface area contributed by atoms with E-state index in [0.29, 0.717) is 6.54 Å². The minimum atomic E-state index is -0.300. The molecular formula is C22H28N2O2S. The molecule has 5 heteroatoms. The van der Waals surface area contributed by atoms with Gasteiger partial charge in [-0.1, -0.05) is 45.0 Å². The maximum atomic E-state index is 12.9. The lowest BCUT2D eigenvalue weighted by molar-refractivity contribution is 0.135. The van der Waals surface area contributed by atoms with Gasteiger partial charge in [-0.25, -0.2) is 4.79 Å². The van der Waals surface area contributed by atoms with Crippen molar-refractivity contribution in [2.75, 3.05) is 18.5 Å². The maximum Gasteiger partial charge on any atom is 0.322 e. The molecule has 0 fully saturated rings. The molecule has 0 saturated heterocycles. The van der Waals surface area contributed by atoms with Crippen LogP contribution in [0.1, 0.15) is 43.5 Å². The SMILES string of the molecule is Cc1cc(SC(C)(C)C)ccc1NC(=O)N1CCc2ccccc2[C@@H]1CO. The van der Waals surface area contributed by atoms with Gasteiger partial charge in [0.15, 0.2) is 0 Å². The minimum absolute atomic E-state index is 0.0788. The van der Waals surface area contributed by atoms with E-state index in [9.17, 15) is 9.90 Å². The zero-order valence-corrected chi connectivity index (χ0v) is 17.3. The Labute approximate surface area is 166 Å². The lowest BCUT2D eigenvalue weighted by Crippen LogP contribution is -2.43. The summed E-state index contributed by atoms with van der Waals surface area (Å²) in [5.41, 5.74) is 4.10. The molecule has 1 aliphatic rings. The Bertz CT molecular complexity index is 829. The predicted octanol–water partition coefficient (Wildman–Crippen LogP) is 5.01. The van der Waals surface area contributed by atoms with Crippen LogP contribution in [0.4, 0.5) is 10.5 Å². The van der Waals surface area contributed by atoms with Gasteiger partial charge in [-0.2, -0.15) is 0 Å². The van der Waals surface area contributed by atoms with Crippen molar-refractivity contribution < 1.29 is 9.90 Å². The number of hydrogen-bond donors (Lipinski definition) is 2. The molecule has 0 unspecified atom stereocenters. The highest BCUT2D eigenvalue weighted by molar-refractivity contribution is 8.00. The molecule has 27 heavy (non-hydrogen) atoms. The Balaban J connectivity index is 1.75. The first kappa shape index (κ1) is 19.8. The van der Waals surface area contributed by atoms with Crippen molar-refractivity contribution in [1.29, 1.82) is 0 Å². The van der Waals surface area contributed by atoms with Crippen molar-refractivity contribution in [3.05, 3.63) is 59.2 Å². The summed E-state index contributed by atoms with van der Waals surface area (Å²) in [6.45, 7) is 9.09. The van der Waals surface area contributed by atoms with Gasteiger partial charge >= 0.3 is 6.03 Å². The van der Waals surface area contributed by atoms with Gasteiger partial charge in [-0.05, 0) is 48.2 Å². The second kappa shape index (κ2) is 7.95. The van der Waals surface area contributed by atoms with Crippen LogP contribution in [-0.2, 0) is 6.42 Å². The van der Waals surface area contributed by atoms with Gasteiger partial charge in [0.2, 0.25) is 0 Å². The quantitative estimate of drug-likeness (QED) is 0.732. The Morgan fingerprint density at radius 1 is 1.26 bits per heavy atom. The number of thioether (sulfide) groups is 1. The monoisotopic (exact) mass is 384 g/mol. The summed E-state index contributed by atoms with van der Waals surface area (Å²) in [7, 11) is 0. The molecule has 3 rings (SSSR count). The fourth-order valence-electron chi connectivity index (χ4n) is 3.47. The molecule has 0 saturated carbocycles. The van der Waals surface area contributed by atoms with Crippen LogP contribution in [-0.4, -0.2) is 33.9 Å². The van der Waals surface area contributed by atoms with Crippen molar-refractivity contribution in [2.24, 2.45) is 0 Å². The molecule has 2 aromatic carbocycles. The van der Waals surface area contributed by atoms with Crippen LogP contribution in [0.25, 0.3) is 0 Å². The van der Waals surface area contributed by atoms with E-state index in [1.807, 2.05) is 49.0 Å². The van der Waals surface area contributed by atoms with Gasteiger partial charge in [0.25, 0.3) is 0 Å². The van der Waals surface area contributed by atoms with E-state index in [0.717, 1.165) is 23.2 Å². The first-order valence-electron chi connectivity index (χ1n) is 9.34. The Morgan fingerprint density at radius 3 is 2.67 bits per heavy atom. The molecule has 4 nitrogen and oxygen atoms in total. The van der Waals surface area contributed by atoms with Gasteiger partial charge in [-0.15, -0.1) is 11.8 Å². The fourth-order valence-corrected chi connectivity index (χ4v) is 4.55. The Kier molecular flexibility index (Phi) is 5.82. The number of aliphatic hydroxyl groups is 1. The molecule has 0 spiro atoms. The first-order valence-corrected chi connectivity index (χ1v) is 10.2. The normalized spacial score (nSPS) is 16.8. The van der Waals surface area contributed by atoms with E-state index in [2.05, 4.69) is 38.2 Å². The number of nitrogens with one attached hydrogen (secondary N) is 1. The number of hydrogen-bond acceptors (Lipinski definition) is 3. The highest BCUT2D eigenvalue weighted by Crippen LogP contribution is 2.34. The van der Waals surface area contributed by atoms with Crippen LogP contribution in [0.5, 0.6) is 0 Å². The standard InChI is InChI=1S/C22H28N2O2S/c1-15-13-17(27-22(2,3)4)9-10-19(15)23-21(26)24-12-11-16-7-5-6-8-18(16)20(24)14-25/h5-10,13,20,25H,11-12,14H2,1-4H3,(H,23,26)/t20-/m0/s1. The second-order valence-electron chi connectivity index (χ2n) is 7.96. The summed E-state index contributed by atoms with van der Waals surface area (Å²) in [5.74, 6) is 0. The average Bonchev–Trinajstić information content (AvgIpc) is 2.61. The lowest BCUT2D eigenvalue weighted by atomic mass is 9.93. The first-order chi connectivity index (χ1) is 12.8. The molecule has 0 radical (unpaired) electrons. The summed E-state index contributed by atoms with van der Waals surface area (Å²) in [5, 5.41) is 12.9. The average molecular weight is 385 g/mol. The third-order valence-electron chi connectivity index (χ3n) is 4.71. The second-order valence-corrected chi connectivity index (χ2v) is 9.86. The number of aliphatic hydroxyl groups excluding tert-OH is 1. The van der Waals surface area contributed by atoms with Crippen molar-refractivity contribution in [3.8, 4) is 0 Å². The molecule has 2 aromatic rings. The van der Waals surface area contributed by atoms with Gasteiger partial charge in [-0.3, -0.25) is 0 Å². The van der Waals surface area contributed by atoms with Crippen LogP contribution >= 0.6 is 11.8 Å². The van der Waals surface area contributed by atoms with Crippen LogP contribution < -0.4 is 5.32 Å². The van der Waals surface area contributed by atoms with Crippen LogP contribution in [0, 0.1) is 6.92 Å². The van der Waals surface area contributed by atoms with Crippen LogP contribution in [0.2, 0.25) is 0 Å². The molecule has 1 heterocycles. The van der Waals surface area contributed by atoms with E-state index < -0.39 is 0 Å². The van der Waals surface area contributed by atoms with Crippen molar-refractivity contribution in [2.45, 2.75) is 49.8 Å². The molecular weight excluding hydrogens is 356 g/mol. The number of carbonyl (C=O) groups is 1. The predicted molar refractivity (Wildman–Crippen MR) is 112 cm³/mol.